The summed E-state index contributed by atoms with van der Waals surface area (Å²) in [6.07, 6.45) is 1.57. The molecule has 0 spiro atoms. The Labute approximate surface area is 225 Å². The first-order chi connectivity index (χ1) is 17.5. The van der Waals surface area contributed by atoms with Crippen molar-refractivity contribution in [3.63, 3.8) is 0 Å². The zero-order valence-corrected chi connectivity index (χ0v) is 22.8. The average molecular weight is 551 g/mol. The maximum atomic E-state index is 13.6. The lowest BCUT2D eigenvalue weighted by atomic mass is 10.0. The van der Waals surface area contributed by atoms with Crippen molar-refractivity contribution in [1.82, 2.24) is 14.9 Å². The number of amides is 1. The van der Waals surface area contributed by atoms with Crippen LogP contribution in [0.3, 0.4) is 0 Å². The Hall–Kier alpha value is -3.04. The number of likely N-dealkylation sites (tertiary alicyclic amines) is 1. The number of carbonyl (C=O) groups is 1. The second-order valence-electron chi connectivity index (χ2n) is 9.77. The number of halogens is 3. The van der Waals surface area contributed by atoms with Crippen LogP contribution in [0.2, 0.25) is 10.0 Å². The van der Waals surface area contributed by atoms with Crippen molar-refractivity contribution in [2.24, 2.45) is 0 Å². The molecular weight excluding hydrogens is 522 g/mol. The summed E-state index contributed by atoms with van der Waals surface area (Å²) in [6, 6.07) is 6.42. The average Bonchev–Trinajstić information content (AvgIpc) is 3.26. The fraction of sp³-hybridized carbons (Fsp3) is 0.423. The molecule has 1 fully saturated rings. The number of benzene rings is 2. The number of nitrogens with one attached hydrogen (secondary N) is 1. The highest BCUT2D eigenvalue weighted by atomic mass is 35.5. The Morgan fingerprint density at radius 2 is 1.84 bits per heavy atom. The molecule has 0 bridgehead atoms. The van der Waals surface area contributed by atoms with Gasteiger partial charge in [0, 0.05) is 35.8 Å². The first kappa shape index (κ1) is 27.0. The summed E-state index contributed by atoms with van der Waals surface area (Å²) in [6.45, 7) is 4.98. The van der Waals surface area contributed by atoms with Gasteiger partial charge in [-0.3, -0.25) is 0 Å². The molecule has 1 N–H and O–H groups in total. The third kappa shape index (κ3) is 5.78. The first-order valence-corrected chi connectivity index (χ1v) is 12.5. The molecule has 1 amide bonds. The predicted molar refractivity (Wildman–Crippen MR) is 143 cm³/mol. The van der Waals surface area contributed by atoms with E-state index in [0.29, 0.717) is 51.5 Å². The maximum Gasteiger partial charge on any atom is 0.410 e. The van der Waals surface area contributed by atoms with Crippen molar-refractivity contribution in [1.29, 1.82) is 0 Å². The molecule has 4 rings (SSSR count). The number of fused-ring (bicyclic) bond motifs is 1. The molecule has 2 aromatic carbocycles. The monoisotopic (exact) mass is 550 g/mol. The molecule has 0 saturated carbocycles. The number of rotatable bonds is 6. The molecule has 1 saturated heterocycles. The van der Waals surface area contributed by atoms with Crippen molar-refractivity contribution in [3.05, 3.63) is 40.5 Å². The Morgan fingerprint density at radius 1 is 1.16 bits per heavy atom. The Kier molecular flexibility index (Phi) is 7.85. The standard InChI is InChI=1S/C26H29Cl2FN4O4/c1-26(2,3)37-25(34)33-13-16(9-17(33)11-29)31-24-30-12-15-8-14(6-7-18(15)32-24)21-22(27)19(35-4)10-20(36-5)23(21)28/h6-8,10,12,16-17H,9,11,13H2,1-5H3,(H,30,31,32)/t16-,17-/m0/s1. The van der Waals surface area contributed by atoms with Gasteiger partial charge in [-0.05, 0) is 44.9 Å². The van der Waals surface area contributed by atoms with Crippen molar-refractivity contribution in [2.45, 2.75) is 44.9 Å². The van der Waals surface area contributed by atoms with Crippen LogP contribution in [0.25, 0.3) is 22.0 Å². The number of nitrogens with zero attached hydrogens (tertiary/aromatic N) is 3. The number of anilines is 1. The Balaban J connectivity index is 1.56. The number of alkyl halides is 1. The number of hydrogen-bond acceptors (Lipinski definition) is 7. The van der Waals surface area contributed by atoms with E-state index < -0.39 is 24.4 Å². The molecule has 37 heavy (non-hydrogen) atoms. The summed E-state index contributed by atoms with van der Waals surface area (Å²) in [4.78, 5) is 23.0. The first-order valence-electron chi connectivity index (χ1n) is 11.7. The van der Waals surface area contributed by atoms with E-state index in [1.165, 1.54) is 19.1 Å². The summed E-state index contributed by atoms with van der Waals surface area (Å²) in [7, 11) is 3.04. The second kappa shape index (κ2) is 10.8. The van der Waals surface area contributed by atoms with Gasteiger partial charge in [0.25, 0.3) is 0 Å². The molecule has 1 aromatic heterocycles. The molecule has 0 aliphatic carbocycles. The number of aromatic nitrogens is 2. The summed E-state index contributed by atoms with van der Waals surface area (Å²) in [5.74, 6) is 1.27. The molecule has 8 nitrogen and oxygen atoms in total. The summed E-state index contributed by atoms with van der Waals surface area (Å²) in [5.41, 5.74) is 1.36. The van der Waals surface area contributed by atoms with Crippen LogP contribution in [0, 0.1) is 0 Å². The number of carbonyl (C=O) groups excluding carboxylic acids is 1. The molecule has 198 valence electrons. The van der Waals surface area contributed by atoms with E-state index in [4.69, 9.17) is 37.4 Å². The van der Waals surface area contributed by atoms with Crippen molar-refractivity contribution >= 4 is 46.1 Å². The van der Waals surface area contributed by atoms with Crippen LogP contribution in [0.1, 0.15) is 27.2 Å². The van der Waals surface area contributed by atoms with Crippen molar-refractivity contribution in [3.8, 4) is 22.6 Å². The van der Waals surface area contributed by atoms with Gasteiger partial charge in [-0.25, -0.2) is 19.2 Å². The molecule has 2 atom stereocenters. The van der Waals surface area contributed by atoms with Crippen LogP contribution in [-0.4, -0.2) is 66.1 Å². The molecule has 2 heterocycles. The van der Waals surface area contributed by atoms with E-state index in [9.17, 15) is 9.18 Å². The fourth-order valence-electron chi connectivity index (χ4n) is 4.29. The molecule has 0 radical (unpaired) electrons. The fourth-order valence-corrected chi connectivity index (χ4v) is 5.01. The molecular formula is C26H29Cl2FN4O4. The van der Waals surface area contributed by atoms with Crippen molar-refractivity contribution < 1.29 is 23.4 Å². The quantitative estimate of drug-likeness (QED) is 0.381. The van der Waals surface area contributed by atoms with Crippen LogP contribution in [0.5, 0.6) is 11.5 Å². The normalized spacial score (nSPS) is 17.7. The third-order valence-corrected chi connectivity index (χ3v) is 6.75. The molecule has 1 aliphatic rings. The lowest BCUT2D eigenvalue weighted by Crippen LogP contribution is -2.41. The van der Waals surface area contributed by atoms with Crippen molar-refractivity contribution in [2.75, 3.05) is 32.8 Å². The summed E-state index contributed by atoms with van der Waals surface area (Å²) < 4.78 is 29.8. The van der Waals surface area contributed by atoms with Gasteiger partial charge in [-0.1, -0.05) is 29.3 Å². The SMILES string of the molecule is COc1cc(OC)c(Cl)c(-c2ccc3nc(N[C@H]4C[C@@H](CF)N(C(=O)OC(C)(C)C)C4)ncc3c2)c1Cl. The second-order valence-corrected chi connectivity index (χ2v) is 10.5. The minimum Gasteiger partial charge on any atom is -0.495 e. The maximum absolute atomic E-state index is 13.6. The molecule has 1 aliphatic heterocycles. The van der Waals surface area contributed by atoms with Crippen LogP contribution >= 0.6 is 23.2 Å². The van der Waals surface area contributed by atoms with Gasteiger partial charge in [0.05, 0.1) is 35.8 Å². The topological polar surface area (TPSA) is 85.8 Å². The minimum absolute atomic E-state index is 0.216. The van der Waals surface area contributed by atoms with E-state index in [0.717, 1.165) is 10.9 Å². The number of hydrogen-bond donors (Lipinski definition) is 1. The molecule has 3 aromatic rings. The highest BCUT2D eigenvalue weighted by Gasteiger charge is 2.38. The van der Waals surface area contributed by atoms with Gasteiger partial charge in [0.1, 0.15) is 23.8 Å². The third-order valence-electron chi connectivity index (χ3n) is 6.00. The van der Waals surface area contributed by atoms with Crippen LogP contribution in [0.4, 0.5) is 15.1 Å². The highest BCUT2D eigenvalue weighted by molar-refractivity contribution is 6.41. The van der Waals surface area contributed by atoms with Crippen LogP contribution in [0.15, 0.2) is 30.5 Å². The van der Waals surface area contributed by atoms with Crippen LogP contribution < -0.4 is 14.8 Å². The molecule has 11 heteroatoms. The zero-order valence-electron chi connectivity index (χ0n) is 21.3. The summed E-state index contributed by atoms with van der Waals surface area (Å²) >= 11 is 13.1. The van der Waals surface area contributed by atoms with E-state index in [1.807, 2.05) is 18.2 Å². The smallest absolute Gasteiger partial charge is 0.410 e. The minimum atomic E-state index is -0.658. The predicted octanol–water partition coefficient (Wildman–Crippen LogP) is 6.38. The van der Waals surface area contributed by atoms with Gasteiger partial charge in [-0.15, -0.1) is 0 Å². The molecule has 0 unspecified atom stereocenters. The largest absolute Gasteiger partial charge is 0.495 e. The van der Waals surface area contributed by atoms with E-state index in [2.05, 4.69) is 15.3 Å². The van der Waals surface area contributed by atoms with E-state index in [-0.39, 0.29) is 6.04 Å². The van der Waals surface area contributed by atoms with Gasteiger partial charge >= 0.3 is 6.09 Å². The zero-order chi connectivity index (χ0) is 26.9. The number of methoxy groups -OCH3 is 2. The van der Waals surface area contributed by atoms with Gasteiger partial charge in [0.15, 0.2) is 0 Å². The van der Waals surface area contributed by atoms with Gasteiger partial charge in [0.2, 0.25) is 5.95 Å². The van der Waals surface area contributed by atoms with E-state index in [1.54, 1.807) is 33.0 Å². The van der Waals surface area contributed by atoms with Crippen LogP contribution in [-0.2, 0) is 4.74 Å². The Bertz CT molecular complexity index is 1290. The highest BCUT2D eigenvalue weighted by Crippen LogP contribution is 2.46. The van der Waals surface area contributed by atoms with E-state index >= 15 is 0 Å². The lowest BCUT2D eigenvalue weighted by molar-refractivity contribution is 0.0206. The van der Waals surface area contributed by atoms with Gasteiger partial charge < -0.3 is 24.4 Å². The summed E-state index contributed by atoms with van der Waals surface area (Å²) in [5, 5.41) is 4.72. The van der Waals surface area contributed by atoms with Gasteiger partial charge in [-0.2, -0.15) is 0 Å². The lowest BCUT2D eigenvalue weighted by Gasteiger charge is -2.27. The Morgan fingerprint density at radius 3 is 2.43 bits per heavy atom. The number of ether oxygens (including phenoxy) is 3.